The first-order chi connectivity index (χ1) is 10.1. The smallest absolute Gasteiger partial charge is 0.416 e. The van der Waals surface area contributed by atoms with Crippen molar-refractivity contribution in [3.8, 4) is 0 Å². The number of carboxylic acids is 1. The van der Waals surface area contributed by atoms with Crippen LogP contribution in [0.15, 0.2) is 24.3 Å². The molecule has 1 aromatic heterocycles. The Morgan fingerprint density at radius 2 is 1.82 bits per heavy atom. The van der Waals surface area contributed by atoms with Gasteiger partial charge in [-0.1, -0.05) is 35.3 Å². The number of benzene rings is 1. The van der Waals surface area contributed by atoms with Gasteiger partial charge in [0.05, 0.1) is 5.56 Å². The maximum absolute atomic E-state index is 12.0. The Balaban J connectivity index is 0.000000224. The van der Waals surface area contributed by atoms with Crippen molar-refractivity contribution in [2.45, 2.75) is 12.7 Å². The number of H-pyrrole nitrogens is 1. The van der Waals surface area contributed by atoms with E-state index in [0.29, 0.717) is 5.56 Å². The van der Waals surface area contributed by atoms with Gasteiger partial charge in [0.2, 0.25) is 5.82 Å². The highest BCUT2D eigenvalue weighted by molar-refractivity contribution is 6.40. The Bertz CT molecular complexity index is 623. The molecule has 0 saturated heterocycles. The standard InChI is InChI=1S/C8H8F3N.C4H2Cl2N2O2/c9-8(10,11)7-3-1-6(5-12)2-4-7;5-1-2(6)8-3(7-1)4(9)10/h1-4H,5,12H2;(H,7,8)(H,9,10). The molecule has 0 atom stereocenters. The van der Waals surface area contributed by atoms with Crippen molar-refractivity contribution in [3.63, 3.8) is 0 Å². The van der Waals surface area contributed by atoms with Crippen molar-refractivity contribution < 1.29 is 23.1 Å². The van der Waals surface area contributed by atoms with Crippen LogP contribution in [-0.2, 0) is 12.7 Å². The van der Waals surface area contributed by atoms with E-state index >= 15 is 0 Å². The molecule has 0 radical (unpaired) electrons. The van der Waals surface area contributed by atoms with Crippen molar-refractivity contribution in [2.75, 3.05) is 0 Å². The van der Waals surface area contributed by atoms with Gasteiger partial charge in [0.1, 0.15) is 5.15 Å². The number of hydrogen-bond acceptors (Lipinski definition) is 3. The number of carbonyl (C=O) groups is 1. The predicted molar refractivity (Wildman–Crippen MR) is 74.9 cm³/mol. The van der Waals surface area contributed by atoms with Crippen molar-refractivity contribution in [1.29, 1.82) is 0 Å². The van der Waals surface area contributed by atoms with E-state index in [1.165, 1.54) is 12.1 Å². The molecular weight excluding hydrogens is 346 g/mol. The van der Waals surface area contributed by atoms with Gasteiger partial charge in [-0.25, -0.2) is 9.78 Å². The van der Waals surface area contributed by atoms with Crippen LogP contribution in [0.2, 0.25) is 10.3 Å². The minimum atomic E-state index is -4.26. The van der Waals surface area contributed by atoms with E-state index in [-0.39, 0.29) is 22.7 Å². The Morgan fingerprint density at radius 1 is 1.27 bits per heavy atom. The molecule has 1 heterocycles. The summed E-state index contributed by atoms with van der Waals surface area (Å²) in [4.78, 5) is 15.8. The predicted octanol–water partition coefficient (Wildman–Crippen LogP) is 3.58. The summed E-state index contributed by atoms with van der Waals surface area (Å²) in [5, 5.41) is 8.32. The molecule has 120 valence electrons. The van der Waals surface area contributed by atoms with Gasteiger partial charge in [-0.2, -0.15) is 13.2 Å². The fourth-order valence-corrected chi connectivity index (χ4v) is 1.53. The largest absolute Gasteiger partial charge is 0.475 e. The summed E-state index contributed by atoms with van der Waals surface area (Å²) in [7, 11) is 0. The highest BCUT2D eigenvalue weighted by Gasteiger charge is 2.29. The van der Waals surface area contributed by atoms with Crippen LogP contribution < -0.4 is 5.73 Å². The highest BCUT2D eigenvalue weighted by atomic mass is 35.5. The van der Waals surface area contributed by atoms with E-state index in [9.17, 15) is 18.0 Å². The van der Waals surface area contributed by atoms with Gasteiger partial charge in [-0.3, -0.25) is 0 Å². The number of imidazole rings is 1. The molecule has 10 heteroatoms. The monoisotopic (exact) mass is 355 g/mol. The van der Waals surface area contributed by atoms with Crippen LogP contribution in [0, 0.1) is 0 Å². The summed E-state index contributed by atoms with van der Waals surface area (Å²) < 4.78 is 36.0. The summed E-state index contributed by atoms with van der Waals surface area (Å²) in [6, 6.07) is 4.82. The van der Waals surface area contributed by atoms with Crippen molar-refractivity contribution in [2.24, 2.45) is 5.73 Å². The lowest BCUT2D eigenvalue weighted by molar-refractivity contribution is -0.137. The van der Waals surface area contributed by atoms with Gasteiger partial charge in [0, 0.05) is 6.54 Å². The second-order valence-electron chi connectivity index (χ2n) is 3.89. The molecule has 0 amide bonds. The van der Waals surface area contributed by atoms with Crippen LogP contribution in [0.4, 0.5) is 13.2 Å². The Labute approximate surface area is 132 Å². The first-order valence-corrected chi connectivity index (χ1v) is 6.41. The second kappa shape index (κ2) is 7.48. The van der Waals surface area contributed by atoms with Crippen LogP contribution in [0.25, 0.3) is 0 Å². The van der Waals surface area contributed by atoms with Gasteiger partial charge >= 0.3 is 12.1 Å². The molecule has 0 spiro atoms. The zero-order valence-corrected chi connectivity index (χ0v) is 12.3. The molecule has 0 saturated carbocycles. The van der Waals surface area contributed by atoms with Crippen LogP contribution >= 0.6 is 23.2 Å². The van der Waals surface area contributed by atoms with Crippen molar-refractivity contribution >= 4 is 29.2 Å². The van der Waals surface area contributed by atoms with Crippen LogP contribution in [-0.4, -0.2) is 21.0 Å². The molecular formula is C12H10Cl2F3N3O2. The molecule has 22 heavy (non-hydrogen) atoms. The molecule has 2 rings (SSSR count). The lowest BCUT2D eigenvalue weighted by Gasteiger charge is -2.06. The number of alkyl halides is 3. The molecule has 0 fully saturated rings. The molecule has 0 aliphatic heterocycles. The first kappa shape index (κ1) is 18.3. The van der Waals surface area contributed by atoms with E-state index in [1.807, 2.05) is 0 Å². The zero-order valence-electron chi connectivity index (χ0n) is 10.8. The molecule has 0 aliphatic carbocycles. The summed E-state index contributed by atoms with van der Waals surface area (Å²) in [5.74, 6) is -1.44. The summed E-state index contributed by atoms with van der Waals surface area (Å²) in [6.07, 6.45) is -4.26. The van der Waals surface area contributed by atoms with Gasteiger partial charge < -0.3 is 15.8 Å². The second-order valence-corrected chi connectivity index (χ2v) is 4.63. The first-order valence-electron chi connectivity index (χ1n) is 5.65. The maximum Gasteiger partial charge on any atom is 0.416 e. The topological polar surface area (TPSA) is 92.0 Å². The Morgan fingerprint density at radius 3 is 2.09 bits per heavy atom. The number of nitrogens with zero attached hydrogens (tertiary/aromatic N) is 1. The normalized spacial score (nSPS) is 10.8. The summed E-state index contributed by atoms with van der Waals surface area (Å²) in [6.45, 7) is 0.262. The number of nitrogens with two attached hydrogens (primary N) is 1. The van der Waals surface area contributed by atoms with Crippen LogP contribution in [0.3, 0.4) is 0 Å². The lowest BCUT2D eigenvalue weighted by atomic mass is 10.1. The van der Waals surface area contributed by atoms with E-state index < -0.39 is 17.7 Å². The molecule has 4 N–H and O–H groups in total. The quantitative estimate of drug-likeness (QED) is 0.767. The van der Waals surface area contributed by atoms with Crippen molar-refractivity contribution in [3.05, 3.63) is 51.5 Å². The molecule has 0 aliphatic rings. The summed E-state index contributed by atoms with van der Waals surface area (Å²) in [5.41, 5.74) is 5.29. The molecule has 0 bridgehead atoms. The number of aromatic amines is 1. The van der Waals surface area contributed by atoms with Gasteiger partial charge in [0.15, 0.2) is 5.15 Å². The number of rotatable bonds is 2. The fourth-order valence-electron chi connectivity index (χ4n) is 1.26. The van der Waals surface area contributed by atoms with E-state index in [1.54, 1.807) is 0 Å². The van der Waals surface area contributed by atoms with E-state index in [2.05, 4.69) is 9.97 Å². The lowest BCUT2D eigenvalue weighted by Crippen LogP contribution is -2.05. The highest BCUT2D eigenvalue weighted by Crippen LogP contribution is 2.28. The average Bonchev–Trinajstić information content (AvgIpc) is 2.79. The van der Waals surface area contributed by atoms with Gasteiger partial charge in [0.25, 0.3) is 0 Å². The number of halogens is 5. The molecule has 0 unspecified atom stereocenters. The van der Waals surface area contributed by atoms with Gasteiger partial charge in [-0.15, -0.1) is 0 Å². The number of nitrogens with one attached hydrogen (secondary N) is 1. The maximum atomic E-state index is 12.0. The fraction of sp³-hybridized carbons (Fsp3) is 0.167. The number of hydrogen-bond donors (Lipinski definition) is 3. The molecule has 5 nitrogen and oxygen atoms in total. The van der Waals surface area contributed by atoms with E-state index in [4.69, 9.17) is 34.0 Å². The van der Waals surface area contributed by atoms with Crippen LogP contribution in [0.1, 0.15) is 21.7 Å². The third kappa shape index (κ3) is 5.21. The SMILES string of the molecule is NCc1ccc(C(F)(F)F)cc1.O=C(O)c1nc(Cl)c(Cl)[nH]1. The zero-order chi connectivity index (χ0) is 16.9. The van der Waals surface area contributed by atoms with Crippen LogP contribution in [0.5, 0.6) is 0 Å². The Kier molecular flexibility index (Phi) is 6.21. The third-order valence-electron chi connectivity index (χ3n) is 2.34. The minimum Gasteiger partial charge on any atom is -0.475 e. The summed E-state index contributed by atoms with van der Waals surface area (Å²) >= 11 is 10.7. The van der Waals surface area contributed by atoms with E-state index in [0.717, 1.165) is 12.1 Å². The number of aromatic carboxylic acids is 1. The average molecular weight is 356 g/mol. The Hall–Kier alpha value is -1.77. The third-order valence-corrected chi connectivity index (χ3v) is 2.98. The number of carboxylic acid groups (broad SMARTS) is 1. The van der Waals surface area contributed by atoms with Crippen molar-refractivity contribution in [1.82, 2.24) is 9.97 Å². The molecule has 2 aromatic rings. The molecule has 1 aromatic carbocycles. The minimum absolute atomic E-state index is 0.0286. The van der Waals surface area contributed by atoms with Gasteiger partial charge in [-0.05, 0) is 17.7 Å². The number of aromatic nitrogens is 2.